The number of aliphatic hydroxyl groups excluding tert-OH is 1. The zero-order valence-corrected chi connectivity index (χ0v) is 20.0. The molecule has 0 rings (SSSR count). The van der Waals surface area contributed by atoms with Gasteiger partial charge in [0.15, 0.2) is 0 Å². The maximum absolute atomic E-state index is 10.4. The van der Waals surface area contributed by atoms with Crippen molar-refractivity contribution in [1.82, 2.24) is 0 Å². The molecule has 0 aromatic heterocycles. The van der Waals surface area contributed by atoms with Crippen LogP contribution in [-0.4, -0.2) is 37.5 Å². The molecule has 0 radical (unpaired) electrons. The van der Waals surface area contributed by atoms with Gasteiger partial charge in [-0.15, -0.1) is 0 Å². The Hall–Kier alpha value is -0.610. The third-order valence-corrected chi connectivity index (χ3v) is 4.93. The van der Waals surface area contributed by atoms with E-state index in [1.54, 1.807) is 0 Å². The fraction of sp³-hybridized carbons (Fsp3) is 0.960. The van der Waals surface area contributed by atoms with Crippen LogP contribution in [0, 0.1) is 0 Å². The van der Waals surface area contributed by atoms with Gasteiger partial charge in [0.1, 0.15) is 0 Å². The lowest BCUT2D eigenvalue weighted by molar-refractivity contribution is -0.141. The molecular formula is C25H52O4. The Bertz CT molecular complexity index is 281. The summed E-state index contributed by atoms with van der Waals surface area (Å²) in [7, 11) is 0. The number of esters is 1. The van der Waals surface area contributed by atoms with Crippen LogP contribution in [0.5, 0.6) is 0 Å². The number of hydrogen-bond donors (Lipinski definition) is 1. The molecule has 0 unspecified atom stereocenters. The van der Waals surface area contributed by atoms with Crippen molar-refractivity contribution in [2.24, 2.45) is 0 Å². The van der Waals surface area contributed by atoms with E-state index in [0.717, 1.165) is 19.4 Å². The maximum Gasteiger partial charge on any atom is 0.302 e. The van der Waals surface area contributed by atoms with E-state index in [1.807, 2.05) is 0 Å². The summed E-state index contributed by atoms with van der Waals surface area (Å²) in [5, 5.41) is 8.50. The second-order valence-corrected chi connectivity index (χ2v) is 7.98. The molecule has 176 valence electrons. The Labute approximate surface area is 182 Å². The number of carbonyl (C=O) groups excluding carboxylic acids is 1. The van der Waals surface area contributed by atoms with Gasteiger partial charge in [-0.25, -0.2) is 0 Å². The molecule has 0 amide bonds. The minimum absolute atomic E-state index is 0.151. The van der Waals surface area contributed by atoms with Gasteiger partial charge in [0, 0.05) is 13.5 Å². The van der Waals surface area contributed by atoms with Crippen LogP contribution >= 0.6 is 0 Å². The SMILES string of the molecule is CCCCCCCCCCCCOCCO.CCCCCCCCCOC(C)=O. The van der Waals surface area contributed by atoms with Crippen molar-refractivity contribution in [2.75, 3.05) is 26.4 Å². The highest BCUT2D eigenvalue weighted by Gasteiger charge is 1.94. The second-order valence-electron chi connectivity index (χ2n) is 7.98. The Balaban J connectivity index is 0. The summed E-state index contributed by atoms with van der Waals surface area (Å²) in [5.74, 6) is -0.161. The number of unbranched alkanes of at least 4 members (excludes halogenated alkanes) is 15. The van der Waals surface area contributed by atoms with Crippen LogP contribution in [0.3, 0.4) is 0 Å². The van der Waals surface area contributed by atoms with Crippen molar-refractivity contribution >= 4 is 5.97 Å². The number of rotatable bonds is 21. The van der Waals surface area contributed by atoms with E-state index < -0.39 is 0 Å². The molecule has 0 atom stereocenters. The number of aliphatic hydroxyl groups is 1. The first-order chi connectivity index (χ1) is 14.2. The van der Waals surface area contributed by atoms with Crippen LogP contribution in [0.15, 0.2) is 0 Å². The minimum Gasteiger partial charge on any atom is -0.466 e. The zero-order chi connectivity index (χ0) is 21.8. The minimum atomic E-state index is -0.161. The van der Waals surface area contributed by atoms with E-state index in [0.29, 0.717) is 13.2 Å². The van der Waals surface area contributed by atoms with Crippen LogP contribution in [0.2, 0.25) is 0 Å². The molecule has 4 heteroatoms. The summed E-state index contributed by atoms with van der Waals surface area (Å²) >= 11 is 0. The average Bonchev–Trinajstić information content (AvgIpc) is 2.71. The van der Waals surface area contributed by atoms with Crippen molar-refractivity contribution < 1.29 is 19.4 Å². The molecule has 0 aromatic carbocycles. The molecule has 29 heavy (non-hydrogen) atoms. The second kappa shape index (κ2) is 29.6. The van der Waals surface area contributed by atoms with Crippen LogP contribution < -0.4 is 0 Å². The first-order valence-corrected chi connectivity index (χ1v) is 12.5. The number of carbonyl (C=O) groups is 1. The van der Waals surface area contributed by atoms with E-state index in [2.05, 4.69) is 13.8 Å². The summed E-state index contributed by atoms with van der Waals surface area (Å²) < 4.78 is 10.0. The lowest BCUT2D eigenvalue weighted by atomic mass is 10.1. The molecule has 0 bridgehead atoms. The van der Waals surface area contributed by atoms with E-state index in [4.69, 9.17) is 14.6 Å². The van der Waals surface area contributed by atoms with E-state index in [1.165, 1.54) is 103 Å². The molecule has 0 spiro atoms. The zero-order valence-electron chi connectivity index (χ0n) is 20.0. The van der Waals surface area contributed by atoms with Crippen molar-refractivity contribution in [1.29, 1.82) is 0 Å². The summed E-state index contributed by atoms with van der Waals surface area (Å²) in [6, 6.07) is 0. The number of hydrogen-bond acceptors (Lipinski definition) is 4. The molecule has 0 aliphatic heterocycles. The summed E-state index contributed by atoms with van der Waals surface area (Å²) in [5.41, 5.74) is 0. The van der Waals surface area contributed by atoms with Gasteiger partial charge in [0.05, 0.1) is 19.8 Å². The molecular weight excluding hydrogens is 364 g/mol. The summed E-state index contributed by atoms with van der Waals surface area (Å²) in [4.78, 5) is 10.4. The first kappa shape index (κ1) is 30.6. The van der Waals surface area contributed by atoms with Crippen molar-refractivity contribution in [3.8, 4) is 0 Å². The van der Waals surface area contributed by atoms with Crippen LogP contribution in [0.1, 0.15) is 130 Å². The van der Waals surface area contributed by atoms with E-state index >= 15 is 0 Å². The monoisotopic (exact) mass is 416 g/mol. The van der Waals surface area contributed by atoms with Crippen molar-refractivity contribution in [3.63, 3.8) is 0 Å². The summed E-state index contributed by atoms with van der Waals surface area (Å²) in [6.07, 6.45) is 22.4. The van der Waals surface area contributed by atoms with E-state index in [-0.39, 0.29) is 12.6 Å². The van der Waals surface area contributed by atoms with Gasteiger partial charge in [-0.1, -0.05) is 110 Å². The highest BCUT2D eigenvalue weighted by molar-refractivity contribution is 5.65. The standard InChI is InChI=1S/C14H30O2.C11H22O2/c1-2-3-4-5-6-7-8-9-10-11-13-16-14-12-15;1-3-4-5-6-7-8-9-10-13-11(2)12/h15H,2-14H2,1H3;3-10H2,1-2H3. The first-order valence-electron chi connectivity index (χ1n) is 12.5. The lowest BCUT2D eigenvalue weighted by Gasteiger charge is -2.03. The highest BCUT2D eigenvalue weighted by atomic mass is 16.5. The van der Waals surface area contributed by atoms with Gasteiger partial charge in [0.25, 0.3) is 0 Å². The van der Waals surface area contributed by atoms with Crippen LogP contribution in [0.4, 0.5) is 0 Å². The van der Waals surface area contributed by atoms with Gasteiger partial charge in [0.2, 0.25) is 0 Å². The van der Waals surface area contributed by atoms with Gasteiger partial charge < -0.3 is 14.6 Å². The largest absolute Gasteiger partial charge is 0.466 e. The van der Waals surface area contributed by atoms with Crippen LogP contribution in [0.25, 0.3) is 0 Å². The maximum atomic E-state index is 10.4. The molecule has 0 aromatic rings. The Morgan fingerprint density at radius 3 is 1.34 bits per heavy atom. The predicted molar refractivity (Wildman–Crippen MR) is 124 cm³/mol. The molecule has 0 aliphatic rings. The topological polar surface area (TPSA) is 55.8 Å². The molecule has 0 fully saturated rings. The molecule has 0 saturated heterocycles. The third-order valence-electron chi connectivity index (χ3n) is 4.93. The van der Waals surface area contributed by atoms with Gasteiger partial charge in [-0.2, -0.15) is 0 Å². The quantitative estimate of drug-likeness (QED) is 0.158. The fourth-order valence-electron chi connectivity index (χ4n) is 3.13. The third kappa shape index (κ3) is 35.2. The molecule has 0 heterocycles. The molecule has 0 saturated carbocycles. The Morgan fingerprint density at radius 2 is 0.966 bits per heavy atom. The molecule has 4 nitrogen and oxygen atoms in total. The normalized spacial score (nSPS) is 10.5. The Morgan fingerprint density at radius 1 is 0.586 bits per heavy atom. The highest BCUT2D eigenvalue weighted by Crippen LogP contribution is 2.10. The lowest BCUT2D eigenvalue weighted by Crippen LogP contribution is -2.00. The van der Waals surface area contributed by atoms with Crippen molar-refractivity contribution in [3.05, 3.63) is 0 Å². The number of ether oxygens (including phenoxy) is 2. The average molecular weight is 417 g/mol. The summed E-state index contributed by atoms with van der Waals surface area (Å²) in [6.45, 7) is 8.01. The molecule has 1 N–H and O–H groups in total. The smallest absolute Gasteiger partial charge is 0.302 e. The van der Waals surface area contributed by atoms with Gasteiger partial charge in [-0.3, -0.25) is 4.79 Å². The van der Waals surface area contributed by atoms with Gasteiger partial charge >= 0.3 is 5.97 Å². The Kier molecular flexibility index (Phi) is 31.2. The fourth-order valence-corrected chi connectivity index (χ4v) is 3.13. The predicted octanol–water partition coefficient (Wildman–Crippen LogP) is 7.22. The van der Waals surface area contributed by atoms with Gasteiger partial charge in [-0.05, 0) is 12.8 Å². The molecule has 0 aliphatic carbocycles. The van der Waals surface area contributed by atoms with Crippen LogP contribution in [-0.2, 0) is 14.3 Å². The van der Waals surface area contributed by atoms with E-state index in [9.17, 15) is 4.79 Å². The van der Waals surface area contributed by atoms with Crippen molar-refractivity contribution in [2.45, 2.75) is 130 Å².